The molecule has 10 heteroatoms. The third-order valence-electron chi connectivity index (χ3n) is 7.91. The van der Waals surface area contributed by atoms with Crippen molar-refractivity contribution in [2.75, 3.05) is 13.1 Å². The molecule has 1 aromatic carbocycles. The number of piperidine rings is 1. The summed E-state index contributed by atoms with van der Waals surface area (Å²) in [4.78, 5) is 12.1. The van der Waals surface area contributed by atoms with Crippen molar-refractivity contribution >= 4 is 16.1 Å². The van der Waals surface area contributed by atoms with E-state index >= 15 is 0 Å². The molecule has 2 saturated carbocycles. The molecule has 4 rings (SSSR count). The van der Waals surface area contributed by atoms with Crippen LogP contribution in [0.3, 0.4) is 0 Å². The number of nitrogens with one attached hydrogen (secondary N) is 2. The second-order valence-electron chi connectivity index (χ2n) is 10.2. The van der Waals surface area contributed by atoms with Crippen LogP contribution in [0.5, 0.6) is 0 Å². The Hall–Kier alpha value is -1.81. The highest BCUT2D eigenvalue weighted by molar-refractivity contribution is 7.89. The van der Waals surface area contributed by atoms with Crippen LogP contribution in [0, 0.1) is 11.8 Å². The summed E-state index contributed by atoms with van der Waals surface area (Å²) >= 11 is 0. The molecule has 0 spiro atoms. The number of amides is 2. The fraction of sp³-hybridized carbons (Fsp3) is 0.708. The molecule has 1 saturated heterocycles. The molecule has 1 heterocycles. The number of urea groups is 1. The lowest BCUT2D eigenvalue weighted by Crippen LogP contribution is -2.58. The van der Waals surface area contributed by atoms with Gasteiger partial charge in [-0.2, -0.15) is 17.5 Å². The number of fused-ring (bicyclic) bond motifs is 2. The van der Waals surface area contributed by atoms with Crippen molar-refractivity contribution in [3.05, 3.63) is 29.8 Å². The summed E-state index contributed by atoms with van der Waals surface area (Å²) in [7, 11) is -4.29. The first kappa shape index (κ1) is 25.3. The molecule has 1 aliphatic heterocycles. The standard InChI is InChI=1S/C24H34F3N3O3S/c1-2-23(15-17-6-5-7-18(14-17)16-23)29-22(31)28-19-10-12-30(13-11-19)34(32,33)21-9-4-3-8-20(21)24(25,26)27/h3-4,8-9,17-19H,2,5-7,10-16H2,1H3,(H2,28,29,31). The number of benzene rings is 1. The third kappa shape index (κ3) is 5.37. The van der Waals surface area contributed by atoms with Crippen LogP contribution in [-0.2, 0) is 16.2 Å². The molecule has 34 heavy (non-hydrogen) atoms. The van der Waals surface area contributed by atoms with Crippen molar-refractivity contribution in [3.8, 4) is 0 Å². The molecule has 0 aromatic heterocycles. The van der Waals surface area contributed by atoms with Gasteiger partial charge in [0.2, 0.25) is 10.0 Å². The van der Waals surface area contributed by atoms with Gasteiger partial charge in [0, 0.05) is 24.7 Å². The number of sulfonamides is 1. The fourth-order valence-electron chi connectivity index (χ4n) is 6.21. The largest absolute Gasteiger partial charge is 0.417 e. The highest BCUT2D eigenvalue weighted by Gasteiger charge is 2.43. The van der Waals surface area contributed by atoms with Crippen LogP contribution in [0.4, 0.5) is 18.0 Å². The van der Waals surface area contributed by atoms with Gasteiger partial charge in [-0.25, -0.2) is 13.2 Å². The molecule has 0 radical (unpaired) electrons. The number of hydrogen-bond acceptors (Lipinski definition) is 3. The van der Waals surface area contributed by atoms with Crippen molar-refractivity contribution in [2.45, 2.75) is 87.4 Å². The number of alkyl halides is 3. The molecule has 3 aliphatic rings. The number of nitrogens with zero attached hydrogens (tertiary/aromatic N) is 1. The first-order chi connectivity index (χ1) is 16.0. The van der Waals surface area contributed by atoms with E-state index in [1.165, 1.54) is 37.8 Å². The van der Waals surface area contributed by atoms with Gasteiger partial charge in [0.05, 0.1) is 10.5 Å². The Bertz CT molecular complexity index is 979. The SMILES string of the molecule is CCC1(NC(=O)NC2CCN(S(=O)(=O)c3ccccc3C(F)(F)F)CC2)CC2CCCC(C2)C1. The van der Waals surface area contributed by atoms with Gasteiger partial charge >= 0.3 is 12.2 Å². The average molecular weight is 502 g/mol. The number of carbonyl (C=O) groups is 1. The molecule has 6 nitrogen and oxygen atoms in total. The van der Waals surface area contributed by atoms with Crippen molar-refractivity contribution < 1.29 is 26.4 Å². The maximum absolute atomic E-state index is 13.3. The van der Waals surface area contributed by atoms with Gasteiger partial charge in [-0.15, -0.1) is 0 Å². The van der Waals surface area contributed by atoms with Crippen LogP contribution >= 0.6 is 0 Å². The lowest BCUT2D eigenvalue weighted by Gasteiger charge is -2.47. The van der Waals surface area contributed by atoms with Crippen molar-refractivity contribution in [3.63, 3.8) is 0 Å². The van der Waals surface area contributed by atoms with E-state index in [1.807, 2.05) is 0 Å². The zero-order valence-electron chi connectivity index (χ0n) is 19.5. The van der Waals surface area contributed by atoms with E-state index in [1.54, 1.807) is 0 Å². The van der Waals surface area contributed by atoms with Gasteiger partial charge < -0.3 is 10.6 Å². The molecule has 2 unspecified atom stereocenters. The minimum atomic E-state index is -4.76. The van der Waals surface area contributed by atoms with Crippen LogP contribution < -0.4 is 10.6 Å². The zero-order chi connectivity index (χ0) is 24.6. The molecule has 1 aromatic rings. The Labute approximate surface area is 199 Å². The lowest BCUT2D eigenvalue weighted by molar-refractivity contribution is -0.139. The molecule has 2 aliphatic carbocycles. The summed E-state index contributed by atoms with van der Waals surface area (Å²) < 4.78 is 67.0. The Morgan fingerprint density at radius 1 is 1.09 bits per heavy atom. The lowest BCUT2D eigenvalue weighted by atomic mass is 9.64. The molecule has 2 atom stereocenters. The molecular formula is C24H34F3N3O3S. The first-order valence-electron chi connectivity index (χ1n) is 12.3. The second kappa shape index (κ2) is 9.68. The molecule has 2 N–H and O–H groups in total. The third-order valence-corrected chi connectivity index (χ3v) is 9.86. The van der Waals surface area contributed by atoms with Crippen LogP contribution in [0.1, 0.15) is 70.3 Å². The first-order valence-corrected chi connectivity index (χ1v) is 13.7. The average Bonchev–Trinajstić information content (AvgIpc) is 2.78. The summed E-state index contributed by atoms with van der Waals surface area (Å²) in [5, 5.41) is 6.23. The van der Waals surface area contributed by atoms with Gasteiger partial charge in [0.25, 0.3) is 0 Å². The monoisotopic (exact) mass is 501 g/mol. The van der Waals surface area contributed by atoms with E-state index in [2.05, 4.69) is 17.6 Å². The van der Waals surface area contributed by atoms with E-state index in [4.69, 9.17) is 0 Å². The summed E-state index contributed by atoms with van der Waals surface area (Å²) in [6, 6.07) is 3.81. The normalized spacial score (nSPS) is 28.9. The Morgan fingerprint density at radius 3 is 2.29 bits per heavy atom. The summed E-state index contributed by atoms with van der Waals surface area (Å²) in [5.74, 6) is 1.33. The molecule has 190 valence electrons. The van der Waals surface area contributed by atoms with Crippen molar-refractivity contribution in [1.82, 2.24) is 14.9 Å². The van der Waals surface area contributed by atoms with Crippen molar-refractivity contribution in [2.24, 2.45) is 11.8 Å². The molecular weight excluding hydrogens is 467 g/mol. The van der Waals surface area contributed by atoms with Crippen LogP contribution in [-0.4, -0.2) is 43.4 Å². The van der Waals surface area contributed by atoms with E-state index in [9.17, 15) is 26.4 Å². The zero-order valence-corrected chi connectivity index (χ0v) is 20.4. The van der Waals surface area contributed by atoms with Gasteiger partial charge in [-0.05, 0) is 62.5 Å². The van der Waals surface area contributed by atoms with Crippen LogP contribution in [0.25, 0.3) is 0 Å². The van der Waals surface area contributed by atoms with E-state index < -0.39 is 26.7 Å². The number of rotatable bonds is 5. The molecule has 2 bridgehead atoms. The number of hydrogen-bond donors (Lipinski definition) is 2. The van der Waals surface area contributed by atoms with E-state index in [0.717, 1.165) is 35.7 Å². The Morgan fingerprint density at radius 2 is 1.71 bits per heavy atom. The maximum Gasteiger partial charge on any atom is 0.417 e. The molecule has 3 fully saturated rings. The smallest absolute Gasteiger partial charge is 0.335 e. The van der Waals surface area contributed by atoms with Gasteiger partial charge in [-0.3, -0.25) is 0 Å². The van der Waals surface area contributed by atoms with Gasteiger partial charge in [0.1, 0.15) is 0 Å². The van der Waals surface area contributed by atoms with Crippen LogP contribution in [0.15, 0.2) is 29.2 Å². The van der Waals surface area contributed by atoms with Gasteiger partial charge in [0.15, 0.2) is 0 Å². The quantitative estimate of drug-likeness (QED) is 0.602. The summed E-state index contributed by atoms with van der Waals surface area (Å²) in [6.45, 7) is 2.23. The summed E-state index contributed by atoms with van der Waals surface area (Å²) in [5.41, 5.74) is -1.35. The van der Waals surface area contributed by atoms with E-state index in [0.29, 0.717) is 24.7 Å². The summed E-state index contributed by atoms with van der Waals surface area (Å²) in [6.07, 6.45) is 3.82. The Kier molecular flexibility index (Phi) is 7.20. The maximum atomic E-state index is 13.3. The minimum absolute atomic E-state index is 0.0581. The van der Waals surface area contributed by atoms with Crippen LogP contribution in [0.2, 0.25) is 0 Å². The minimum Gasteiger partial charge on any atom is -0.335 e. The highest BCUT2D eigenvalue weighted by atomic mass is 32.2. The van der Waals surface area contributed by atoms with E-state index in [-0.39, 0.29) is 30.7 Å². The highest BCUT2D eigenvalue weighted by Crippen LogP contribution is 2.45. The number of halogens is 3. The predicted molar refractivity (Wildman–Crippen MR) is 123 cm³/mol. The number of carbonyl (C=O) groups excluding carboxylic acids is 1. The second-order valence-corrected chi connectivity index (χ2v) is 12.1. The predicted octanol–water partition coefficient (Wildman–Crippen LogP) is 4.91. The van der Waals surface area contributed by atoms with Gasteiger partial charge in [-0.1, -0.05) is 38.3 Å². The van der Waals surface area contributed by atoms with Crippen molar-refractivity contribution in [1.29, 1.82) is 0 Å². The fourth-order valence-corrected chi connectivity index (χ4v) is 7.89. The topological polar surface area (TPSA) is 78.5 Å². The Balaban J connectivity index is 1.35. The molecule has 2 amide bonds.